The van der Waals surface area contributed by atoms with Crippen LogP contribution in [0.1, 0.15) is 24.0 Å². The number of nitriles is 2. The fourth-order valence-corrected chi connectivity index (χ4v) is 2.40. The zero-order valence-corrected chi connectivity index (χ0v) is 13.3. The molecule has 0 aromatic heterocycles. The van der Waals surface area contributed by atoms with Gasteiger partial charge in [-0.25, -0.2) is 0 Å². The molecule has 0 radical (unpaired) electrons. The van der Waals surface area contributed by atoms with Crippen LogP contribution in [0.15, 0.2) is 12.1 Å². The van der Waals surface area contributed by atoms with Gasteiger partial charge in [-0.3, -0.25) is 0 Å². The Morgan fingerprint density at radius 1 is 0.950 bits per heavy atom. The molecule has 0 atom stereocenters. The first kappa shape index (κ1) is 16.5. The van der Waals surface area contributed by atoms with Crippen LogP contribution in [0.25, 0.3) is 0 Å². The summed E-state index contributed by atoms with van der Waals surface area (Å²) in [7, 11) is 0. The van der Waals surface area contributed by atoms with Gasteiger partial charge in [0.2, 0.25) is 0 Å². The van der Waals surface area contributed by atoms with Crippen LogP contribution in [0.2, 0.25) is 0 Å². The van der Waals surface area contributed by atoms with Gasteiger partial charge in [-0.05, 0) is 37.1 Å². The molecule has 0 N–H and O–H groups in total. The van der Waals surface area contributed by atoms with Crippen molar-refractivity contribution in [2.75, 3.05) is 29.6 Å². The number of hydrogen-bond donors (Lipinski definition) is 0. The molecule has 20 heavy (non-hydrogen) atoms. The maximum atomic E-state index is 8.75. The van der Waals surface area contributed by atoms with Crippen molar-refractivity contribution in [2.24, 2.45) is 0 Å². The summed E-state index contributed by atoms with van der Waals surface area (Å²) < 4.78 is 0. The second-order valence-corrected chi connectivity index (χ2v) is 4.91. The first-order chi connectivity index (χ1) is 9.17. The molecule has 0 saturated carbocycles. The second kappa shape index (κ2) is 7.30. The summed E-state index contributed by atoms with van der Waals surface area (Å²) in [4.78, 5) is 4.45. The van der Waals surface area contributed by atoms with Gasteiger partial charge in [-0.2, -0.15) is 10.5 Å². The third-order valence-electron chi connectivity index (χ3n) is 3.60. The Kier molecular flexibility index (Phi) is 6.03. The van der Waals surface area contributed by atoms with Crippen molar-refractivity contribution < 1.29 is 20.4 Å². The van der Waals surface area contributed by atoms with E-state index in [1.807, 2.05) is 0 Å². The molecular formula is C15H18N4Pd. The van der Waals surface area contributed by atoms with E-state index in [1.165, 1.54) is 22.5 Å². The van der Waals surface area contributed by atoms with Gasteiger partial charge in [-0.1, -0.05) is 0 Å². The van der Waals surface area contributed by atoms with Crippen LogP contribution in [0.4, 0.5) is 11.4 Å². The Balaban J connectivity index is 0.00000200. The summed E-state index contributed by atoms with van der Waals surface area (Å²) in [5.74, 6) is 0. The van der Waals surface area contributed by atoms with Crippen molar-refractivity contribution >= 4 is 11.4 Å². The van der Waals surface area contributed by atoms with E-state index in [-0.39, 0.29) is 20.4 Å². The molecule has 1 aliphatic rings. The smallest absolute Gasteiger partial charge is 0.0905 e. The van der Waals surface area contributed by atoms with Gasteiger partial charge in [0.25, 0.3) is 0 Å². The molecule has 0 amide bonds. The molecule has 0 spiro atoms. The Labute approximate surface area is 134 Å². The number of fused-ring (bicyclic) bond motifs is 1. The van der Waals surface area contributed by atoms with Crippen molar-refractivity contribution in [2.45, 2.75) is 26.7 Å². The SMILES string of the molecule is Cc1cc2c(cc1C)N(CCC#N)CN2CCC#N.[Pd]. The number of benzene rings is 1. The molecular weight excluding hydrogens is 343 g/mol. The van der Waals surface area contributed by atoms with Crippen molar-refractivity contribution in [3.8, 4) is 12.1 Å². The summed E-state index contributed by atoms with van der Waals surface area (Å²) in [6.45, 7) is 6.48. The topological polar surface area (TPSA) is 54.1 Å². The largest absolute Gasteiger partial charge is 0.351 e. The number of hydrogen-bond acceptors (Lipinski definition) is 4. The van der Waals surface area contributed by atoms with Crippen LogP contribution in [-0.4, -0.2) is 19.8 Å². The van der Waals surface area contributed by atoms with Crippen molar-refractivity contribution in [1.82, 2.24) is 0 Å². The standard InChI is InChI=1S/C15H18N4.Pd/c1-12-9-14-15(10-13(12)2)19(8-4-6-17)11-18(14)7-3-5-16;/h9-10H,3-4,7-8,11H2,1-2H3;. The molecule has 0 bridgehead atoms. The minimum absolute atomic E-state index is 0. The molecule has 5 heteroatoms. The maximum absolute atomic E-state index is 8.75. The van der Waals surface area contributed by atoms with Crippen LogP contribution in [0, 0.1) is 36.5 Å². The van der Waals surface area contributed by atoms with E-state index >= 15 is 0 Å². The van der Waals surface area contributed by atoms with E-state index in [0.29, 0.717) is 12.8 Å². The molecule has 0 aliphatic carbocycles. The number of nitrogens with zero attached hydrogens (tertiary/aromatic N) is 4. The van der Waals surface area contributed by atoms with Gasteiger partial charge in [0.05, 0.1) is 43.0 Å². The fraction of sp³-hybridized carbons (Fsp3) is 0.467. The normalized spacial score (nSPS) is 12.4. The summed E-state index contributed by atoms with van der Waals surface area (Å²) >= 11 is 0. The summed E-state index contributed by atoms with van der Waals surface area (Å²) in [5, 5.41) is 17.5. The molecule has 0 fully saturated rings. The molecule has 1 aliphatic heterocycles. The van der Waals surface area contributed by atoms with Gasteiger partial charge in [0.1, 0.15) is 0 Å². The number of aryl methyl sites for hydroxylation is 2. The zero-order valence-electron chi connectivity index (χ0n) is 11.8. The zero-order chi connectivity index (χ0) is 13.8. The summed E-state index contributed by atoms with van der Waals surface area (Å²) in [6, 6.07) is 8.77. The van der Waals surface area contributed by atoms with Gasteiger partial charge in [-0.15, -0.1) is 0 Å². The monoisotopic (exact) mass is 360 g/mol. The summed E-state index contributed by atoms with van der Waals surface area (Å²) in [6.07, 6.45) is 1.05. The van der Waals surface area contributed by atoms with E-state index in [2.05, 4.69) is 47.9 Å². The Morgan fingerprint density at radius 2 is 1.35 bits per heavy atom. The minimum atomic E-state index is 0. The molecule has 1 aromatic rings. The molecule has 2 rings (SSSR count). The van der Waals surface area contributed by atoms with Crippen molar-refractivity contribution in [3.05, 3.63) is 23.3 Å². The molecule has 1 aromatic carbocycles. The minimum Gasteiger partial charge on any atom is -0.351 e. The second-order valence-electron chi connectivity index (χ2n) is 4.91. The van der Waals surface area contributed by atoms with Gasteiger partial charge < -0.3 is 9.80 Å². The van der Waals surface area contributed by atoms with E-state index < -0.39 is 0 Å². The van der Waals surface area contributed by atoms with Crippen LogP contribution >= 0.6 is 0 Å². The molecule has 108 valence electrons. The van der Waals surface area contributed by atoms with E-state index in [4.69, 9.17) is 10.5 Å². The molecule has 0 saturated heterocycles. The first-order valence-corrected chi connectivity index (χ1v) is 6.52. The van der Waals surface area contributed by atoms with E-state index in [9.17, 15) is 0 Å². The molecule has 0 unspecified atom stereocenters. The van der Waals surface area contributed by atoms with Crippen molar-refractivity contribution in [1.29, 1.82) is 10.5 Å². The van der Waals surface area contributed by atoms with Gasteiger partial charge >= 0.3 is 0 Å². The third kappa shape index (κ3) is 3.31. The van der Waals surface area contributed by atoms with Crippen LogP contribution < -0.4 is 9.80 Å². The van der Waals surface area contributed by atoms with Crippen LogP contribution in [-0.2, 0) is 20.4 Å². The van der Waals surface area contributed by atoms with Gasteiger partial charge in [0.15, 0.2) is 0 Å². The Bertz CT molecular complexity index is 507. The number of anilines is 2. The summed E-state index contributed by atoms with van der Waals surface area (Å²) in [5.41, 5.74) is 4.92. The Hall–Kier alpha value is -1.54. The van der Waals surface area contributed by atoms with E-state index in [0.717, 1.165) is 19.8 Å². The van der Waals surface area contributed by atoms with Crippen molar-refractivity contribution in [3.63, 3.8) is 0 Å². The average molecular weight is 361 g/mol. The fourth-order valence-electron chi connectivity index (χ4n) is 2.40. The van der Waals surface area contributed by atoms with E-state index in [1.54, 1.807) is 0 Å². The maximum Gasteiger partial charge on any atom is 0.0905 e. The average Bonchev–Trinajstić information content (AvgIpc) is 2.72. The third-order valence-corrected chi connectivity index (χ3v) is 3.60. The number of rotatable bonds is 4. The predicted octanol–water partition coefficient (Wildman–Crippen LogP) is 2.71. The first-order valence-electron chi connectivity index (χ1n) is 6.52. The predicted molar refractivity (Wildman–Crippen MR) is 75.9 cm³/mol. The quantitative estimate of drug-likeness (QED) is 0.775. The van der Waals surface area contributed by atoms with Crippen LogP contribution in [0.5, 0.6) is 0 Å². The molecule has 4 nitrogen and oxygen atoms in total. The van der Waals surface area contributed by atoms with Crippen LogP contribution in [0.3, 0.4) is 0 Å². The van der Waals surface area contributed by atoms with Gasteiger partial charge in [0, 0.05) is 33.5 Å². The Morgan fingerprint density at radius 3 is 1.70 bits per heavy atom. The molecule has 1 heterocycles.